The van der Waals surface area contributed by atoms with E-state index in [0.29, 0.717) is 11.4 Å². The zero-order chi connectivity index (χ0) is 24.4. The number of hydrogen-bond donors (Lipinski definition) is 2. The fourth-order valence-corrected chi connectivity index (χ4v) is 4.90. The van der Waals surface area contributed by atoms with Gasteiger partial charge in [0.2, 0.25) is 0 Å². The van der Waals surface area contributed by atoms with Gasteiger partial charge in [0.15, 0.2) is 5.65 Å². The second-order valence-electron chi connectivity index (χ2n) is 8.22. The number of hydrogen-bond acceptors (Lipinski definition) is 4. The van der Waals surface area contributed by atoms with Crippen molar-refractivity contribution in [1.82, 2.24) is 14.5 Å². The first-order chi connectivity index (χ1) is 16.9. The summed E-state index contributed by atoms with van der Waals surface area (Å²) in [4.78, 5) is 9.78. The first kappa shape index (κ1) is 23.3. The number of rotatable bonds is 7. The minimum absolute atomic E-state index is 0.550. The first-order valence-corrected chi connectivity index (χ1v) is 13.6. The molecular weight excluding hydrogens is 522 g/mol. The Bertz CT molecular complexity index is 1580. The van der Waals surface area contributed by atoms with Gasteiger partial charge in [0.25, 0.3) is 0 Å². The van der Waals surface area contributed by atoms with E-state index in [4.69, 9.17) is 5.14 Å². The van der Waals surface area contributed by atoms with Crippen LogP contribution in [0.15, 0.2) is 101 Å². The molecule has 2 aromatic heterocycles. The van der Waals surface area contributed by atoms with Gasteiger partial charge in [0, 0.05) is 33.4 Å². The molecule has 5 aromatic rings. The highest BCUT2D eigenvalue weighted by Crippen LogP contribution is 2.35. The van der Waals surface area contributed by atoms with Gasteiger partial charge in [-0.2, -0.15) is 0 Å². The van der Waals surface area contributed by atoms with Crippen molar-refractivity contribution < 1.29 is 4.21 Å². The van der Waals surface area contributed by atoms with E-state index in [1.54, 1.807) is 18.5 Å². The van der Waals surface area contributed by atoms with E-state index in [0.717, 1.165) is 50.1 Å². The molecule has 1 atom stereocenters. The third kappa shape index (κ3) is 5.00. The zero-order valence-electron chi connectivity index (χ0n) is 18.9. The van der Waals surface area contributed by atoms with Crippen molar-refractivity contribution in [2.45, 2.75) is 11.3 Å². The maximum atomic E-state index is 11.9. The molecule has 0 fully saturated rings. The molecule has 3 aromatic carbocycles. The number of anilines is 1. The molecule has 3 N–H and O–H groups in total. The van der Waals surface area contributed by atoms with Gasteiger partial charge in [0.05, 0.1) is 15.1 Å². The summed E-state index contributed by atoms with van der Waals surface area (Å²) in [5, 5.41) is 10.1. The van der Waals surface area contributed by atoms with Crippen molar-refractivity contribution in [2.24, 2.45) is 5.14 Å². The predicted molar refractivity (Wildman–Crippen MR) is 148 cm³/mol. The van der Waals surface area contributed by atoms with E-state index in [-0.39, 0.29) is 0 Å². The highest BCUT2D eigenvalue weighted by atomic mass is 79.9. The molecule has 2 heterocycles. The number of nitrogens with one attached hydrogen (secondary N) is 1. The van der Waals surface area contributed by atoms with Crippen molar-refractivity contribution in [3.8, 4) is 16.8 Å². The zero-order valence-corrected chi connectivity index (χ0v) is 21.3. The van der Waals surface area contributed by atoms with Gasteiger partial charge < -0.3 is 9.88 Å². The predicted octanol–water partition coefficient (Wildman–Crippen LogP) is 5.45. The highest BCUT2D eigenvalue weighted by Gasteiger charge is 2.17. The molecular formula is C27H24BrN5OS. The van der Waals surface area contributed by atoms with E-state index in [2.05, 4.69) is 72.1 Å². The Morgan fingerprint density at radius 1 is 0.971 bits per heavy atom. The van der Waals surface area contributed by atoms with Crippen LogP contribution in [0.5, 0.6) is 0 Å². The van der Waals surface area contributed by atoms with Crippen LogP contribution in [0.4, 0.5) is 5.82 Å². The summed E-state index contributed by atoms with van der Waals surface area (Å²) < 4.78 is 15.0. The molecule has 0 aliphatic heterocycles. The van der Waals surface area contributed by atoms with E-state index >= 15 is 0 Å². The molecule has 8 heteroatoms. The van der Waals surface area contributed by atoms with Crippen LogP contribution in [0.25, 0.3) is 27.8 Å². The normalized spacial score (nSPS) is 13.0. The van der Waals surface area contributed by atoms with Gasteiger partial charge >= 0.3 is 0 Å². The first-order valence-electron chi connectivity index (χ1n) is 11.1. The summed E-state index contributed by atoms with van der Waals surface area (Å²) in [6.45, 7) is 0.672. The molecule has 0 saturated carbocycles. The minimum Gasteiger partial charge on any atom is -0.369 e. The lowest BCUT2D eigenvalue weighted by molar-refractivity contribution is 0.682. The van der Waals surface area contributed by atoms with Crippen LogP contribution in [0.2, 0.25) is 0 Å². The van der Waals surface area contributed by atoms with Crippen molar-refractivity contribution in [3.05, 3.63) is 101 Å². The Morgan fingerprint density at radius 3 is 2.37 bits per heavy atom. The van der Waals surface area contributed by atoms with Crippen molar-refractivity contribution >= 4 is 48.4 Å². The van der Waals surface area contributed by atoms with Gasteiger partial charge in [0.1, 0.15) is 12.1 Å². The monoisotopic (exact) mass is 545 g/mol. The van der Waals surface area contributed by atoms with Crippen LogP contribution in [-0.4, -0.2) is 31.2 Å². The minimum atomic E-state index is -2.70. The Kier molecular flexibility index (Phi) is 6.42. The number of halogens is 1. The second kappa shape index (κ2) is 9.65. The van der Waals surface area contributed by atoms with Gasteiger partial charge in [-0.15, -0.1) is 0 Å². The molecule has 5 rings (SSSR count). The average molecular weight is 546 g/mol. The Labute approximate surface area is 213 Å². The third-order valence-corrected chi connectivity index (χ3v) is 7.40. The van der Waals surface area contributed by atoms with Crippen LogP contribution in [0, 0.1) is 0 Å². The summed E-state index contributed by atoms with van der Waals surface area (Å²) in [5.41, 5.74) is 5.11. The molecule has 0 aliphatic rings. The standard InChI is InChI=1S/C27H24BrN5OS/c1-35(29,34)23-13-7-19(8-14-23)15-16-30-26-25-24(20-5-3-2-4-6-20)17-33(27(25)32-18-31-26)22-11-9-21(28)10-12-22/h2-14,17-18H,1,15-16H2,(H2,29,34)(H,30,31,32). The SMILES string of the molecule is C=S(N)(=O)c1ccc(CCNc2ncnc3c2c(-c2ccccc2)cn3-c2ccc(Br)cc2)cc1. The maximum absolute atomic E-state index is 11.9. The summed E-state index contributed by atoms with van der Waals surface area (Å²) in [6, 6.07) is 25.8. The second-order valence-corrected chi connectivity index (χ2v) is 11.1. The molecule has 0 radical (unpaired) electrons. The summed E-state index contributed by atoms with van der Waals surface area (Å²) >= 11 is 3.51. The van der Waals surface area contributed by atoms with E-state index in [9.17, 15) is 4.21 Å². The van der Waals surface area contributed by atoms with Crippen LogP contribution < -0.4 is 10.5 Å². The van der Waals surface area contributed by atoms with Gasteiger partial charge in [-0.1, -0.05) is 58.4 Å². The quantitative estimate of drug-likeness (QED) is 0.266. The Balaban J connectivity index is 1.49. The number of nitrogens with zero attached hydrogens (tertiary/aromatic N) is 3. The summed E-state index contributed by atoms with van der Waals surface area (Å²) in [6.07, 6.45) is 4.48. The molecule has 176 valence electrons. The summed E-state index contributed by atoms with van der Waals surface area (Å²) in [7, 11) is -2.70. The van der Waals surface area contributed by atoms with Crippen LogP contribution >= 0.6 is 15.9 Å². The molecule has 1 unspecified atom stereocenters. The van der Waals surface area contributed by atoms with Crippen LogP contribution in [0.3, 0.4) is 0 Å². The van der Waals surface area contributed by atoms with E-state index in [1.165, 1.54) is 0 Å². The lowest BCUT2D eigenvalue weighted by Crippen LogP contribution is -2.12. The van der Waals surface area contributed by atoms with Crippen molar-refractivity contribution in [2.75, 3.05) is 11.9 Å². The highest BCUT2D eigenvalue weighted by molar-refractivity contribution is 9.10. The Morgan fingerprint density at radius 2 is 1.69 bits per heavy atom. The van der Waals surface area contributed by atoms with E-state index in [1.807, 2.05) is 42.5 Å². The molecule has 0 amide bonds. The average Bonchev–Trinajstić information content (AvgIpc) is 3.25. The molecule has 0 spiro atoms. The van der Waals surface area contributed by atoms with Gasteiger partial charge in [-0.05, 0) is 59.8 Å². The molecule has 0 aliphatic carbocycles. The third-order valence-electron chi connectivity index (χ3n) is 5.80. The molecule has 35 heavy (non-hydrogen) atoms. The van der Waals surface area contributed by atoms with Crippen LogP contribution in [0.1, 0.15) is 5.56 Å². The number of nitrogens with two attached hydrogens (primary N) is 1. The largest absolute Gasteiger partial charge is 0.369 e. The van der Waals surface area contributed by atoms with E-state index < -0.39 is 9.71 Å². The summed E-state index contributed by atoms with van der Waals surface area (Å²) in [5.74, 6) is 4.32. The van der Waals surface area contributed by atoms with Crippen molar-refractivity contribution in [3.63, 3.8) is 0 Å². The number of aromatic nitrogens is 3. The van der Waals surface area contributed by atoms with Gasteiger partial charge in [-0.3, -0.25) is 5.14 Å². The molecule has 0 bridgehead atoms. The van der Waals surface area contributed by atoms with Gasteiger partial charge in [-0.25, -0.2) is 14.2 Å². The fraction of sp³-hybridized carbons (Fsp3) is 0.0741. The number of fused-ring (bicyclic) bond motifs is 1. The van der Waals surface area contributed by atoms with Crippen molar-refractivity contribution in [1.29, 1.82) is 0 Å². The Hall–Kier alpha value is -3.46. The topological polar surface area (TPSA) is 85.8 Å². The number of benzene rings is 3. The maximum Gasteiger partial charge on any atom is 0.150 e. The van der Waals surface area contributed by atoms with Crippen LogP contribution in [-0.2, 0) is 16.1 Å². The lowest BCUT2D eigenvalue weighted by atomic mass is 10.1. The molecule has 6 nitrogen and oxygen atoms in total. The fourth-order valence-electron chi connectivity index (χ4n) is 4.04. The smallest absolute Gasteiger partial charge is 0.150 e. The lowest BCUT2D eigenvalue weighted by Gasteiger charge is -2.10. The molecule has 0 saturated heterocycles.